The molecule has 0 aliphatic carbocycles. The molecule has 1 aromatic heterocycles. The molecule has 24 heavy (non-hydrogen) atoms. The number of hydrogen-bond acceptors (Lipinski definition) is 5. The van der Waals surface area contributed by atoms with Crippen LogP contribution in [-0.2, 0) is 4.79 Å². The fourth-order valence-corrected chi connectivity index (χ4v) is 3.08. The van der Waals surface area contributed by atoms with E-state index in [2.05, 4.69) is 0 Å². The number of carboxylic acids is 1. The Bertz CT molecular complexity index is 896. The van der Waals surface area contributed by atoms with Gasteiger partial charge in [0.05, 0.1) is 10.5 Å². The Morgan fingerprint density at radius 2 is 2.00 bits per heavy atom. The van der Waals surface area contributed by atoms with Crippen molar-refractivity contribution in [1.82, 2.24) is 4.90 Å². The van der Waals surface area contributed by atoms with Crippen molar-refractivity contribution >= 4 is 35.0 Å². The zero-order valence-electron chi connectivity index (χ0n) is 12.9. The van der Waals surface area contributed by atoms with Gasteiger partial charge in [-0.3, -0.25) is 14.5 Å². The maximum absolute atomic E-state index is 11.9. The van der Waals surface area contributed by atoms with Crippen LogP contribution in [0.3, 0.4) is 0 Å². The molecule has 122 valence electrons. The third-order valence-electron chi connectivity index (χ3n) is 3.64. The van der Waals surface area contributed by atoms with Crippen LogP contribution in [0, 0.1) is 6.92 Å². The lowest BCUT2D eigenvalue weighted by molar-refractivity contribution is -0.121. The predicted octanol–water partition coefficient (Wildman–Crippen LogP) is 3.62. The summed E-state index contributed by atoms with van der Waals surface area (Å²) in [5, 5.41) is 8.77. The molecule has 0 unspecified atom stereocenters. The van der Waals surface area contributed by atoms with Gasteiger partial charge in [-0.2, -0.15) is 0 Å². The largest absolute Gasteiger partial charge is 0.478 e. The minimum Gasteiger partial charge on any atom is -0.478 e. The van der Waals surface area contributed by atoms with Crippen LogP contribution in [0.15, 0.2) is 39.7 Å². The van der Waals surface area contributed by atoms with Gasteiger partial charge in [0.15, 0.2) is 0 Å². The first-order chi connectivity index (χ1) is 11.4. The van der Waals surface area contributed by atoms with Crippen LogP contribution >= 0.6 is 11.8 Å². The average Bonchev–Trinajstić information content (AvgIpc) is 3.09. The van der Waals surface area contributed by atoms with Crippen molar-refractivity contribution < 1.29 is 23.9 Å². The summed E-state index contributed by atoms with van der Waals surface area (Å²) in [6.07, 6.45) is 1.51. The monoisotopic (exact) mass is 343 g/mol. The Morgan fingerprint density at radius 3 is 2.62 bits per heavy atom. The number of carbonyl (C=O) groups excluding carboxylic acids is 2. The van der Waals surface area contributed by atoms with E-state index in [1.807, 2.05) is 6.92 Å². The molecule has 1 N–H and O–H groups in total. The second-order valence-electron chi connectivity index (χ2n) is 5.28. The van der Waals surface area contributed by atoms with E-state index in [9.17, 15) is 14.4 Å². The number of rotatable bonds is 3. The van der Waals surface area contributed by atoms with Gasteiger partial charge in [-0.05, 0) is 48.5 Å². The van der Waals surface area contributed by atoms with E-state index in [-0.39, 0.29) is 16.7 Å². The minimum absolute atomic E-state index is 0.167. The van der Waals surface area contributed by atoms with Gasteiger partial charge in [-0.25, -0.2) is 4.79 Å². The molecule has 1 saturated heterocycles. The highest BCUT2D eigenvalue weighted by Gasteiger charge is 2.32. The number of nitrogens with zero attached hydrogens (tertiary/aromatic N) is 1. The summed E-state index contributed by atoms with van der Waals surface area (Å²) in [5.74, 6) is -0.465. The molecule has 2 amide bonds. The summed E-state index contributed by atoms with van der Waals surface area (Å²) in [7, 11) is 1.42. The topological polar surface area (TPSA) is 87.8 Å². The molecule has 7 heteroatoms. The van der Waals surface area contributed by atoms with Gasteiger partial charge in [0.25, 0.3) is 11.1 Å². The lowest BCUT2D eigenvalue weighted by Gasteiger charge is -2.04. The zero-order valence-corrected chi connectivity index (χ0v) is 13.7. The number of aryl methyl sites for hydroxylation is 1. The van der Waals surface area contributed by atoms with Crippen molar-refractivity contribution in [3.8, 4) is 11.3 Å². The number of amides is 2. The van der Waals surface area contributed by atoms with Gasteiger partial charge < -0.3 is 9.52 Å². The third-order valence-corrected chi connectivity index (χ3v) is 4.60. The van der Waals surface area contributed by atoms with Gasteiger partial charge >= 0.3 is 5.97 Å². The summed E-state index contributed by atoms with van der Waals surface area (Å²) in [5.41, 5.74) is 1.70. The number of carbonyl (C=O) groups is 3. The first kappa shape index (κ1) is 16.1. The van der Waals surface area contributed by atoms with Crippen molar-refractivity contribution in [2.45, 2.75) is 6.92 Å². The predicted molar refractivity (Wildman–Crippen MR) is 89.6 cm³/mol. The smallest absolute Gasteiger partial charge is 0.335 e. The molecule has 1 aromatic carbocycles. The first-order valence-electron chi connectivity index (χ1n) is 7.02. The van der Waals surface area contributed by atoms with E-state index < -0.39 is 5.97 Å². The van der Waals surface area contributed by atoms with Crippen molar-refractivity contribution in [3.05, 3.63) is 52.1 Å². The highest BCUT2D eigenvalue weighted by molar-refractivity contribution is 8.18. The molecular weight excluding hydrogens is 330 g/mol. The van der Waals surface area contributed by atoms with Gasteiger partial charge in [-0.15, -0.1) is 0 Å². The lowest BCUT2D eigenvalue weighted by atomic mass is 10.0. The quantitative estimate of drug-likeness (QED) is 0.857. The van der Waals surface area contributed by atoms with E-state index in [0.29, 0.717) is 22.0 Å². The van der Waals surface area contributed by atoms with Gasteiger partial charge in [0.2, 0.25) is 0 Å². The number of likely N-dealkylation sites (N-methyl/N-ethyl adjacent to an activating group) is 1. The molecule has 0 bridgehead atoms. The molecule has 0 saturated carbocycles. The van der Waals surface area contributed by atoms with E-state index in [0.717, 1.165) is 22.2 Å². The molecule has 3 rings (SSSR count). The third kappa shape index (κ3) is 2.85. The van der Waals surface area contributed by atoms with Crippen molar-refractivity contribution in [2.24, 2.45) is 0 Å². The Labute approximate surface area is 141 Å². The van der Waals surface area contributed by atoms with Crippen LogP contribution < -0.4 is 0 Å². The van der Waals surface area contributed by atoms with Crippen LogP contribution in [0.25, 0.3) is 17.4 Å². The molecule has 1 aliphatic rings. The summed E-state index contributed by atoms with van der Waals surface area (Å²) in [6, 6.07) is 8.16. The Hall–Kier alpha value is -2.80. The number of furan rings is 1. The molecular formula is C17H13NO5S. The van der Waals surface area contributed by atoms with Crippen LogP contribution in [0.2, 0.25) is 0 Å². The van der Waals surface area contributed by atoms with Crippen molar-refractivity contribution in [3.63, 3.8) is 0 Å². The fraction of sp³-hybridized carbons (Fsp3) is 0.118. The molecule has 1 aliphatic heterocycles. The molecule has 0 spiro atoms. The van der Waals surface area contributed by atoms with Crippen molar-refractivity contribution in [2.75, 3.05) is 7.05 Å². The van der Waals surface area contributed by atoms with Gasteiger partial charge in [0.1, 0.15) is 11.5 Å². The zero-order chi connectivity index (χ0) is 17.4. The number of carboxylic acid groups (broad SMARTS) is 1. The Morgan fingerprint density at radius 1 is 1.25 bits per heavy atom. The first-order valence-corrected chi connectivity index (χ1v) is 7.84. The number of hydrogen-bond donors (Lipinski definition) is 1. The van der Waals surface area contributed by atoms with Crippen LogP contribution in [-0.4, -0.2) is 34.2 Å². The molecule has 2 heterocycles. The standard InChI is InChI=1S/C17H13NO5S/c1-9-3-4-10(16(20)21)7-12(9)13-6-5-11(23-13)8-14-15(19)18(2)17(22)24-14/h3-8H,1-2H3,(H,20,21)/b14-8+. The molecule has 1 fully saturated rings. The second kappa shape index (κ2) is 6.01. The molecule has 0 atom stereocenters. The molecule has 0 radical (unpaired) electrons. The van der Waals surface area contributed by atoms with Crippen LogP contribution in [0.1, 0.15) is 21.7 Å². The van der Waals surface area contributed by atoms with Gasteiger partial charge in [-0.1, -0.05) is 6.07 Å². The second-order valence-corrected chi connectivity index (χ2v) is 6.27. The number of imide groups is 1. The lowest BCUT2D eigenvalue weighted by Crippen LogP contribution is -2.22. The van der Waals surface area contributed by atoms with E-state index in [1.165, 1.54) is 19.2 Å². The normalized spacial score (nSPS) is 16.2. The highest BCUT2D eigenvalue weighted by atomic mass is 32.2. The summed E-state index contributed by atoms with van der Waals surface area (Å²) < 4.78 is 5.70. The van der Waals surface area contributed by atoms with E-state index in [4.69, 9.17) is 9.52 Å². The molecule has 6 nitrogen and oxygen atoms in total. The summed E-state index contributed by atoms with van der Waals surface area (Å²) in [4.78, 5) is 35.8. The minimum atomic E-state index is -1.01. The average molecular weight is 343 g/mol. The highest BCUT2D eigenvalue weighted by Crippen LogP contribution is 2.33. The maximum Gasteiger partial charge on any atom is 0.335 e. The summed E-state index contributed by atoms with van der Waals surface area (Å²) >= 11 is 0.852. The number of thioether (sulfide) groups is 1. The number of aromatic carboxylic acids is 1. The molecule has 2 aromatic rings. The van der Waals surface area contributed by atoms with Gasteiger partial charge in [0, 0.05) is 18.7 Å². The maximum atomic E-state index is 11.9. The van der Waals surface area contributed by atoms with E-state index >= 15 is 0 Å². The Balaban J connectivity index is 1.95. The SMILES string of the molecule is Cc1ccc(C(=O)O)cc1-c1ccc(/C=C2/SC(=O)N(C)C2=O)o1. The number of benzene rings is 1. The van der Waals surface area contributed by atoms with Crippen LogP contribution in [0.4, 0.5) is 4.79 Å². The fourth-order valence-electron chi connectivity index (χ4n) is 2.27. The van der Waals surface area contributed by atoms with Crippen LogP contribution in [0.5, 0.6) is 0 Å². The summed E-state index contributed by atoms with van der Waals surface area (Å²) in [6.45, 7) is 1.85. The van der Waals surface area contributed by atoms with E-state index in [1.54, 1.807) is 24.3 Å². The Kier molecular flexibility index (Phi) is 4.02. The van der Waals surface area contributed by atoms with Crippen molar-refractivity contribution in [1.29, 1.82) is 0 Å².